The van der Waals surface area contributed by atoms with Crippen molar-refractivity contribution < 1.29 is 0 Å². The highest BCUT2D eigenvalue weighted by Gasteiger charge is 2.30. The van der Waals surface area contributed by atoms with Crippen LogP contribution in [0.1, 0.15) is 16.4 Å². The zero-order valence-electron chi connectivity index (χ0n) is 16.3. The van der Waals surface area contributed by atoms with E-state index in [4.69, 9.17) is 16.7 Å². The van der Waals surface area contributed by atoms with Crippen LogP contribution in [0.3, 0.4) is 0 Å². The summed E-state index contributed by atoms with van der Waals surface area (Å²) in [5, 5.41) is 16.9. The molecule has 3 aromatic heterocycles. The summed E-state index contributed by atoms with van der Waals surface area (Å²) < 4.78 is 1.91. The van der Waals surface area contributed by atoms with Crippen LogP contribution in [0, 0.1) is 0 Å². The van der Waals surface area contributed by atoms with E-state index in [-0.39, 0.29) is 5.25 Å². The Kier molecular flexibility index (Phi) is 5.14. The fraction of sp³-hybridized carbons (Fsp3) is 0.182. The number of aromatic nitrogens is 5. The summed E-state index contributed by atoms with van der Waals surface area (Å²) in [6.45, 7) is 0.869. The third kappa shape index (κ3) is 3.44. The van der Waals surface area contributed by atoms with Crippen LogP contribution in [0.25, 0.3) is 22.5 Å². The van der Waals surface area contributed by atoms with E-state index in [1.54, 1.807) is 18.6 Å². The molecule has 0 amide bonds. The zero-order chi connectivity index (χ0) is 20.5. The molecule has 30 heavy (non-hydrogen) atoms. The molecule has 0 saturated heterocycles. The molecule has 0 saturated carbocycles. The second kappa shape index (κ2) is 8.08. The first-order valence-electron chi connectivity index (χ1n) is 9.62. The molecule has 4 heterocycles. The van der Waals surface area contributed by atoms with Crippen LogP contribution in [0.5, 0.6) is 0 Å². The molecule has 8 heteroatoms. The summed E-state index contributed by atoms with van der Waals surface area (Å²) in [5.41, 5.74) is 5.95. The quantitative estimate of drug-likeness (QED) is 0.497. The summed E-state index contributed by atoms with van der Waals surface area (Å²) >= 11 is 8.69. The van der Waals surface area contributed by atoms with Crippen molar-refractivity contribution in [1.82, 2.24) is 25.0 Å². The minimum Gasteiger partial charge on any atom is -0.369 e. The average Bonchev–Trinajstić information content (AvgIpc) is 2.96. The van der Waals surface area contributed by atoms with Crippen LogP contribution in [-0.2, 0) is 7.05 Å². The number of hydrogen-bond donors (Lipinski definition) is 1. The summed E-state index contributed by atoms with van der Waals surface area (Å²) in [7, 11) is 1.96. The van der Waals surface area contributed by atoms with Crippen LogP contribution in [0.4, 0.5) is 5.82 Å². The molecule has 1 N–H and O–H groups in total. The lowest BCUT2D eigenvalue weighted by molar-refractivity contribution is 0.773. The van der Waals surface area contributed by atoms with E-state index < -0.39 is 0 Å². The van der Waals surface area contributed by atoms with Gasteiger partial charge in [0.1, 0.15) is 11.5 Å². The topological polar surface area (TPSA) is 68.5 Å². The SMILES string of the molecule is Cn1nc(-c2ccccn2)c2c1NCCSC2c1ccc(-c2ccnnc2)cc1Cl. The summed E-state index contributed by atoms with van der Waals surface area (Å²) in [6, 6.07) is 14.0. The Balaban J connectivity index is 1.63. The van der Waals surface area contributed by atoms with Crippen molar-refractivity contribution in [2.24, 2.45) is 7.05 Å². The third-order valence-corrected chi connectivity index (χ3v) is 6.72. The van der Waals surface area contributed by atoms with Crippen molar-refractivity contribution in [1.29, 1.82) is 0 Å². The second-order valence-corrected chi connectivity index (χ2v) is 8.61. The number of thioether (sulfide) groups is 1. The first kappa shape index (κ1) is 19.1. The van der Waals surface area contributed by atoms with Gasteiger partial charge in [-0.25, -0.2) is 0 Å². The lowest BCUT2D eigenvalue weighted by Gasteiger charge is -2.18. The monoisotopic (exact) mass is 434 g/mol. The lowest BCUT2D eigenvalue weighted by atomic mass is 9.99. The van der Waals surface area contributed by atoms with Crippen LogP contribution in [-0.4, -0.2) is 37.3 Å². The Bertz CT molecular complexity index is 1180. The summed E-state index contributed by atoms with van der Waals surface area (Å²) in [4.78, 5) is 4.55. The van der Waals surface area contributed by atoms with Gasteiger partial charge >= 0.3 is 0 Å². The number of pyridine rings is 1. The Hall–Kier alpha value is -2.90. The maximum atomic E-state index is 6.82. The van der Waals surface area contributed by atoms with Crippen molar-refractivity contribution in [2.75, 3.05) is 17.6 Å². The van der Waals surface area contributed by atoms with E-state index >= 15 is 0 Å². The average molecular weight is 435 g/mol. The van der Waals surface area contributed by atoms with Crippen LogP contribution < -0.4 is 5.32 Å². The second-order valence-electron chi connectivity index (χ2n) is 6.99. The van der Waals surface area contributed by atoms with Crippen molar-refractivity contribution in [3.63, 3.8) is 0 Å². The fourth-order valence-corrected chi connectivity index (χ4v) is 5.33. The number of benzene rings is 1. The number of hydrogen-bond acceptors (Lipinski definition) is 6. The van der Waals surface area contributed by atoms with E-state index in [9.17, 15) is 0 Å². The maximum Gasteiger partial charge on any atom is 0.129 e. The Labute approximate surface area is 183 Å². The van der Waals surface area contributed by atoms with Gasteiger partial charge in [0.15, 0.2) is 0 Å². The first-order valence-corrected chi connectivity index (χ1v) is 11.1. The van der Waals surface area contributed by atoms with Crippen molar-refractivity contribution >= 4 is 29.2 Å². The molecule has 0 spiro atoms. The summed E-state index contributed by atoms with van der Waals surface area (Å²) in [6.07, 6.45) is 5.23. The Morgan fingerprint density at radius 2 is 2.03 bits per heavy atom. The molecule has 1 aromatic carbocycles. The lowest BCUT2D eigenvalue weighted by Crippen LogP contribution is -2.06. The number of aryl methyl sites for hydroxylation is 1. The van der Waals surface area contributed by atoms with E-state index in [1.807, 2.05) is 53.8 Å². The molecular formula is C22H19ClN6S. The number of nitrogens with zero attached hydrogens (tertiary/aromatic N) is 5. The van der Waals surface area contributed by atoms with Gasteiger partial charge in [-0.3, -0.25) is 9.67 Å². The van der Waals surface area contributed by atoms with Gasteiger partial charge in [0.05, 0.1) is 23.3 Å². The van der Waals surface area contributed by atoms with Gasteiger partial charge in [-0.05, 0) is 35.4 Å². The standard InChI is InChI=1S/C22H19ClN6S/c1-29-22-19(20(28-29)18-4-2-3-8-24-18)21(30-11-10-25-22)16-6-5-14(12-17(16)23)15-7-9-26-27-13-15/h2-9,12-13,21,25H,10-11H2,1H3. The van der Waals surface area contributed by atoms with Gasteiger partial charge in [-0.1, -0.05) is 29.8 Å². The van der Waals surface area contributed by atoms with Crippen molar-refractivity contribution in [3.8, 4) is 22.5 Å². The molecule has 5 rings (SSSR count). The van der Waals surface area contributed by atoms with Crippen LogP contribution in [0.2, 0.25) is 5.02 Å². The summed E-state index contributed by atoms with van der Waals surface area (Å²) in [5.74, 6) is 1.98. The highest BCUT2D eigenvalue weighted by molar-refractivity contribution is 7.99. The van der Waals surface area contributed by atoms with E-state index in [0.717, 1.165) is 56.8 Å². The number of rotatable bonds is 3. The molecule has 1 aliphatic rings. The third-order valence-electron chi connectivity index (χ3n) is 5.13. The zero-order valence-corrected chi connectivity index (χ0v) is 17.9. The van der Waals surface area contributed by atoms with E-state index in [1.165, 1.54) is 0 Å². The molecule has 1 unspecified atom stereocenters. The predicted molar refractivity (Wildman–Crippen MR) is 122 cm³/mol. The molecule has 0 aliphatic carbocycles. The minimum atomic E-state index is 0.0535. The number of nitrogens with one attached hydrogen (secondary N) is 1. The molecule has 150 valence electrons. The molecular weight excluding hydrogens is 416 g/mol. The van der Waals surface area contributed by atoms with Gasteiger partial charge in [-0.15, -0.1) is 11.8 Å². The van der Waals surface area contributed by atoms with Gasteiger partial charge in [-0.2, -0.15) is 15.3 Å². The van der Waals surface area contributed by atoms with Gasteiger partial charge in [0.25, 0.3) is 0 Å². The molecule has 1 aliphatic heterocycles. The highest BCUT2D eigenvalue weighted by Crippen LogP contribution is 2.47. The van der Waals surface area contributed by atoms with Gasteiger partial charge < -0.3 is 5.32 Å². The van der Waals surface area contributed by atoms with E-state index in [2.05, 4.69) is 32.6 Å². The Morgan fingerprint density at radius 3 is 2.80 bits per heavy atom. The first-order chi connectivity index (χ1) is 14.7. The predicted octanol–water partition coefficient (Wildman–Crippen LogP) is 4.84. The van der Waals surface area contributed by atoms with Gasteiger partial charge in [0.2, 0.25) is 0 Å². The van der Waals surface area contributed by atoms with Crippen molar-refractivity contribution in [2.45, 2.75) is 5.25 Å². The van der Waals surface area contributed by atoms with Crippen LogP contribution in [0.15, 0.2) is 61.1 Å². The molecule has 0 bridgehead atoms. The fourth-order valence-electron chi connectivity index (χ4n) is 3.75. The van der Waals surface area contributed by atoms with Crippen molar-refractivity contribution in [3.05, 3.63) is 77.2 Å². The smallest absolute Gasteiger partial charge is 0.129 e. The minimum absolute atomic E-state index is 0.0535. The number of fused-ring (bicyclic) bond motifs is 1. The molecule has 0 fully saturated rings. The molecule has 1 atom stereocenters. The molecule has 4 aromatic rings. The normalized spacial score (nSPS) is 15.9. The highest BCUT2D eigenvalue weighted by atomic mass is 35.5. The van der Waals surface area contributed by atoms with Gasteiger partial charge in [0, 0.05) is 41.7 Å². The number of halogens is 1. The molecule has 6 nitrogen and oxygen atoms in total. The maximum absolute atomic E-state index is 6.82. The largest absolute Gasteiger partial charge is 0.369 e. The number of anilines is 1. The molecule has 0 radical (unpaired) electrons. The van der Waals surface area contributed by atoms with Crippen LogP contribution >= 0.6 is 23.4 Å². The van der Waals surface area contributed by atoms with E-state index in [0.29, 0.717) is 0 Å². The Morgan fingerprint density at radius 1 is 1.10 bits per heavy atom.